The van der Waals surface area contributed by atoms with E-state index in [1.165, 1.54) is 5.56 Å². The summed E-state index contributed by atoms with van der Waals surface area (Å²) in [5.41, 5.74) is 1.72. The first-order valence-electron chi connectivity index (χ1n) is 6.28. The smallest absolute Gasteiger partial charge is 0.142 e. The van der Waals surface area contributed by atoms with E-state index < -0.39 is 0 Å². The molecule has 0 saturated carbocycles. The average molecular weight is 251 g/mol. The molecule has 3 heteroatoms. The molecule has 0 atom stereocenters. The van der Waals surface area contributed by atoms with Crippen LogP contribution in [-0.4, -0.2) is 11.5 Å². The Morgan fingerprint density at radius 1 is 1.11 bits per heavy atom. The Bertz CT molecular complexity index is 582. The first kappa shape index (κ1) is 13.1. The third-order valence-corrected chi connectivity index (χ3v) is 3.13. The molecule has 1 heterocycles. The van der Waals surface area contributed by atoms with Crippen LogP contribution in [0, 0.1) is 11.3 Å². The summed E-state index contributed by atoms with van der Waals surface area (Å²) in [5.74, 6) is 0.739. The van der Waals surface area contributed by atoms with Gasteiger partial charge in [0, 0.05) is 12.0 Å². The van der Waals surface area contributed by atoms with Gasteiger partial charge in [-0.15, -0.1) is 0 Å². The van der Waals surface area contributed by atoms with Crippen LogP contribution in [0.25, 0.3) is 0 Å². The highest BCUT2D eigenvalue weighted by atomic mass is 15.0. The molecule has 0 aliphatic rings. The lowest BCUT2D eigenvalue weighted by molar-refractivity contribution is 0.556. The fourth-order valence-corrected chi connectivity index (χ4v) is 1.90. The van der Waals surface area contributed by atoms with Gasteiger partial charge in [0.05, 0.1) is 0 Å². The Balaban J connectivity index is 2.07. The first-order valence-corrected chi connectivity index (χ1v) is 6.28. The van der Waals surface area contributed by atoms with E-state index in [4.69, 9.17) is 5.26 Å². The zero-order valence-corrected chi connectivity index (χ0v) is 11.2. The Morgan fingerprint density at radius 2 is 1.84 bits per heavy atom. The van der Waals surface area contributed by atoms with E-state index >= 15 is 0 Å². The summed E-state index contributed by atoms with van der Waals surface area (Å²) in [6, 6.07) is 17.8. The maximum absolute atomic E-state index is 8.83. The van der Waals surface area contributed by atoms with Crippen molar-refractivity contribution in [3.8, 4) is 6.07 Å². The number of nitriles is 1. The largest absolute Gasteiger partial charge is 0.369 e. The lowest BCUT2D eigenvalue weighted by atomic mass is 9.84. The van der Waals surface area contributed by atoms with Gasteiger partial charge < -0.3 is 5.32 Å². The van der Waals surface area contributed by atoms with Crippen LogP contribution in [-0.2, 0) is 5.41 Å². The molecule has 0 bridgehead atoms. The van der Waals surface area contributed by atoms with Gasteiger partial charge >= 0.3 is 0 Å². The highest BCUT2D eigenvalue weighted by Crippen LogP contribution is 2.23. The highest BCUT2D eigenvalue weighted by Gasteiger charge is 2.19. The molecule has 2 rings (SSSR count). The van der Waals surface area contributed by atoms with Crippen molar-refractivity contribution in [3.05, 3.63) is 59.8 Å². The lowest BCUT2D eigenvalue weighted by Gasteiger charge is -2.26. The molecule has 96 valence electrons. The van der Waals surface area contributed by atoms with Crippen LogP contribution >= 0.6 is 0 Å². The molecule has 0 saturated heterocycles. The van der Waals surface area contributed by atoms with E-state index in [9.17, 15) is 0 Å². The predicted molar refractivity (Wildman–Crippen MR) is 76.9 cm³/mol. The summed E-state index contributed by atoms with van der Waals surface area (Å²) < 4.78 is 0. The van der Waals surface area contributed by atoms with Gasteiger partial charge in [0.2, 0.25) is 0 Å². The molecule has 1 aromatic carbocycles. The molecule has 0 spiro atoms. The molecule has 19 heavy (non-hydrogen) atoms. The van der Waals surface area contributed by atoms with Gasteiger partial charge in [0.25, 0.3) is 0 Å². The van der Waals surface area contributed by atoms with Crippen LogP contribution in [0.3, 0.4) is 0 Å². The van der Waals surface area contributed by atoms with Crippen LogP contribution < -0.4 is 5.32 Å². The molecular weight excluding hydrogens is 234 g/mol. The maximum Gasteiger partial charge on any atom is 0.142 e. The van der Waals surface area contributed by atoms with Crippen molar-refractivity contribution in [1.82, 2.24) is 4.98 Å². The number of pyridine rings is 1. The molecule has 2 aromatic rings. The van der Waals surface area contributed by atoms with Crippen LogP contribution in [0.1, 0.15) is 25.1 Å². The molecule has 1 aromatic heterocycles. The van der Waals surface area contributed by atoms with E-state index in [2.05, 4.69) is 36.3 Å². The summed E-state index contributed by atoms with van der Waals surface area (Å²) >= 11 is 0. The van der Waals surface area contributed by atoms with E-state index in [-0.39, 0.29) is 5.41 Å². The van der Waals surface area contributed by atoms with Gasteiger partial charge in [-0.25, -0.2) is 4.98 Å². The monoisotopic (exact) mass is 251 g/mol. The number of nitrogens with one attached hydrogen (secondary N) is 1. The average Bonchev–Trinajstić information content (AvgIpc) is 2.46. The van der Waals surface area contributed by atoms with E-state index in [1.807, 2.05) is 36.4 Å². The Morgan fingerprint density at radius 3 is 2.53 bits per heavy atom. The Kier molecular flexibility index (Phi) is 3.82. The lowest BCUT2D eigenvalue weighted by Crippen LogP contribution is -2.27. The number of benzene rings is 1. The number of hydrogen-bond donors (Lipinski definition) is 1. The molecule has 0 unspecified atom stereocenters. The van der Waals surface area contributed by atoms with Gasteiger partial charge in [-0.05, 0) is 17.7 Å². The minimum atomic E-state index is 0.00554. The molecule has 0 aliphatic carbocycles. The Labute approximate surface area is 113 Å². The summed E-state index contributed by atoms with van der Waals surface area (Å²) in [6.45, 7) is 5.13. The molecule has 0 radical (unpaired) electrons. The third-order valence-electron chi connectivity index (χ3n) is 3.13. The summed E-state index contributed by atoms with van der Waals surface area (Å²) in [4.78, 5) is 4.22. The molecule has 1 N–H and O–H groups in total. The predicted octanol–water partition coefficient (Wildman–Crippen LogP) is 3.34. The molecular formula is C16H17N3. The number of nitrogens with zero attached hydrogens (tertiary/aromatic N) is 2. The number of anilines is 1. The van der Waals surface area contributed by atoms with Gasteiger partial charge in [-0.1, -0.05) is 50.2 Å². The number of rotatable bonds is 4. The van der Waals surface area contributed by atoms with Crippen molar-refractivity contribution in [2.24, 2.45) is 0 Å². The molecule has 0 aliphatic heterocycles. The second kappa shape index (κ2) is 5.53. The van der Waals surface area contributed by atoms with Crippen LogP contribution in [0.15, 0.2) is 48.5 Å². The zero-order valence-electron chi connectivity index (χ0n) is 11.2. The van der Waals surface area contributed by atoms with E-state index in [1.54, 1.807) is 6.07 Å². The van der Waals surface area contributed by atoms with Gasteiger partial charge in [-0.3, -0.25) is 0 Å². The second-order valence-corrected chi connectivity index (χ2v) is 5.12. The third kappa shape index (κ3) is 3.32. The molecule has 0 amide bonds. The van der Waals surface area contributed by atoms with Crippen molar-refractivity contribution in [2.75, 3.05) is 11.9 Å². The molecule has 3 nitrogen and oxygen atoms in total. The van der Waals surface area contributed by atoms with Crippen molar-refractivity contribution >= 4 is 5.82 Å². The fraction of sp³-hybridized carbons (Fsp3) is 0.250. The summed E-state index contributed by atoms with van der Waals surface area (Å²) in [7, 11) is 0. The SMILES string of the molecule is CC(C)(CNc1cccc(C#N)n1)c1ccccc1. The van der Waals surface area contributed by atoms with E-state index in [0.29, 0.717) is 5.69 Å². The van der Waals surface area contributed by atoms with Crippen molar-refractivity contribution in [3.63, 3.8) is 0 Å². The van der Waals surface area contributed by atoms with Crippen molar-refractivity contribution in [2.45, 2.75) is 19.3 Å². The summed E-state index contributed by atoms with van der Waals surface area (Å²) in [6.07, 6.45) is 0. The van der Waals surface area contributed by atoms with Gasteiger partial charge in [0.15, 0.2) is 0 Å². The first-order chi connectivity index (χ1) is 9.12. The minimum Gasteiger partial charge on any atom is -0.369 e. The topological polar surface area (TPSA) is 48.7 Å². The highest BCUT2D eigenvalue weighted by molar-refractivity contribution is 5.39. The van der Waals surface area contributed by atoms with Crippen LogP contribution in [0.2, 0.25) is 0 Å². The van der Waals surface area contributed by atoms with Crippen molar-refractivity contribution in [1.29, 1.82) is 5.26 Å². The number of aromatic nitrogens is 1. The normalized spacial score (nSPS) is 10.8. The quantitative estimate of drug-likeness (QED) is 0.906. The van der Waals surface area contributed by atoms with Crippen molar-refractivity contribution < 1.29 is 0 Å². The maximum atomic E-state index is 8.83. The standard InChI is InChI=1S/C16H17N3/c1-16(2,13-7-4-3-5-8-13)12-18-15-10-6-9-14(11-17)19-15/h3-10H,12H2,1-2H3,(H,18,19). The Hall–Kier alpha value is -2.34. The fourth-order valence-electron chi connectivity index (χ4n) is 1.90. The number of hydrogen-bond acceptors (Lipinski definition) is 3. The van der Waals surface area contributed by atoms with Crippen LogP contribution in [0.4, 0.5) is 5.82 Å². The van der Waals surface area contributed by atoms with Crippen LogP contribution in [0.5, 0.6) is 0 Å². The second-order valence-electron chi connectivity index (χ2n) is 5.12. The van der Waals surface area contributed by atoms with Gasteiger partial charge in [0.1, 0.15) is 17.6 Å². The molecule has 0 fully saturated rings. The zero-order chi connectivity index (χ0) is 13.7. The van der Waals surface area contributed by atoms with Gasteiger partial charge in [-0.2, -0.15) is 5.26 Å². The van der Waals surface area contributed by atoms with E-state index in [0.717, 1.165) is 12.4 Å². The summed E-state index contributed by atoms with van der Waals surface area (Å²) in [5, 5.41) is 12.1. The minimum absolute atomic E-state index is 0.00554.